The highest BCUT2D eigenvalue weighted by Crippen LogP contribution is 2.60. The van der Waals surface area contributed by atoms with Crippen LogP contribution in [0.1, 0.15) is 56.6 Å². The SMILES string of the molecule is COc1cc(/C=C2\C(=O)NC(=O)N(c3ccc(C45CC6CC(CC(C6)C4)C5)cc3)C2=O)ccc1O[C@H](C)C(=O)O. The summed E-state index contributed by atoms with van der Waals surface area (Å²) in [6.07, 6.45) is 7.97. The monoisotopic (exact) mass is 544 g/mol. The van der Waals surface area contributed by atoms with Crippen molar-refractivity contribution in [3.63, 3.8) is 0 Å². The first-order valence-electron chi connectivity index (χ1n) is 13.8. The number of carbonyl (C=O) groups is 4. The molecule has 7 rings (SSSR count). The number of nitrogens with one attached hydrogen (secondary N) is 1. The van der Waals surface area contributed by atoms with Crippen LogP contribution in [0.25, 0.3) is 6.08 Å². The van der Waals surface area contributed by atoms with Crippen molar-refractivity contribution in [1.82, 2.24) is 5.32 Å². The van der Waals surface area contributed by atoms with E-state index >= 15 is 0 Å². The van der Waals surface area contributed by atoms with Gasteiger partial charge in [0.1, 0.15) is 5.57 Å². The van der Waals surface area contributed by atoms with E-state index in [1.54, 1.807) is 18.2 Å². The number of carboxylic acid groups (broad SMARTS) is 1. The number of imide groups is 2. The number of ether oxygens (including phenoxy) is 2. The van der Waals surface area contributed by atoms with E-state index in [9.17, 15) is 19.2 Å². The summed E-state index contributed by atoms with van der Waals surface area (Å²) in [6, 6.07) is 11.5. The van der Waals surface area contributed by atoms with Crippen LogP contribution in [0.15, 0.2) is 48.0 Å². The molecule has 0 aromatic heterocycles. The first-order valence-corrected chi connectivity index (χ1v) is 13.8. The summed E-state index contributed by atoms with van der Waals surface area (Å²) in [5.41, 5.74) is 2.10. The number of amides is 4. The van der Waals surface area contributed by atoms with E-state index in [0.717, 1.165) is 22.7 Å². The topological polar surface area (TPSA) is 122 Å². The third-order valence-electron chi connectivity index (χ3n) is 9.03. The molecule has 2 aromatic rings. The maximum absolute atomic E-state index is 13.5. The smallest absolute Gasteiger partial charge is 0.344 e. The molecular formula is C31H32N2O7. The fraction of sp³-hybridized carbons (Fsp3) is 0.419. The number of carbonyl (C=O) groups excluding carboxylic acids is 3. The van der Waals surface area contributed by atoms with Gasteiger partial charge in [0.15, 0.2) is 17.6 Å². The van der Waals surface area contributed by atoms with Gasteiger partial charge in [-0.25, -0.2) is 14.5 Å². The summed E-state index contributed by atoms with van der Waals surface area (Å²) in [4.78, 5) is 51.1. The van der Waals surface area contributed by atoms with Gasteiger partial charge in [-0.05, 0) is 110 Å². The minimum atomic E-state index is -1.13. The van der Waals surface area contributed by atoms with Crippen LogP contribution in [0, 0.1) is 17.8 Å². The van der Waals surface area contributed by atoms with Crippen LogP contribution in [0.3, 0.4) is 0 Å². The summed E-state index contributed by atoms with van der Waals surface area (Å²) in [6.45, 7) is 1.39. The van der Waals surface area contributed by atoms with Crippen LogP contribution in [0.5, 0.6) is 11.5 Å². The maximum Gasteiger partial charge on any atom is 0.344 e. The van der Waals surface area contributed by atoms with Crippen molar-refractivity contribution in [3.8, 4) is 11.5 Å². The number of barbiturate groups is 1. The Balaban J connectivity index is 1.25. The number of hydrogen-bond acceptors (Lipinski definition) is 6. The molecule has 4 aliphatic carbocycles. The molecule has 5 fully saturated rings. The number of urea groups is 1. The number of rotatable bonds is 7. The van der Waals surface area contributed by atoms with Crippen molar-refractivity contribution < 1.29 is 33.8 Å². The predicted molar refractivity (Wildman–Crippen MR) is 146 cm³/mol. The summed E-state index contributed by atoms with van der Waals surface area (Å²) in [5.74, 6) is 0.199. The van der Waals surface area contributed by atoms with Crippen LogP contribution < -0.4 is 19.7 Å². The molecule has 2 aromatic carbocycles. The Morgan fingerprint density at radius 2 is 1.62 bits per heavy atom. The molecule has 1 heterocycles. The van der Waals surface area contributed by atoms with Crippen molar-refractivity contribution >= 4 is 35.6 Å². The van der Waals surface area contributed by atoms with Gasteiger partial charge in [-0.3, -0.25) is 14.9 Å². The third-order valence-corrected chi connectivity index (χ3v) is 9.03. The van der Waals surface area contributed by atoms with Gasteiger partial charge < -0.3 is 14.6 Å². The Labute approximate surface area is 232 Å². The second-order valence-corrected chi connectivity index (χ2v) is 11.7. The van der Waals surface area contributed by atoms with Gasteiger partial charge in [-0.2, -0.15) is 0 Å². The number of anilines is 1. The highest BCUT2D eigenvalue weighted by atomic mass is 16.5. The van der Waals surface area contributed by atoms with Gasteiger partial charge in [-0.15, -0.1) is 0 Å². The molecule has 9 nitrogen and oxygen atoms in total. The summed E-state index contributed by atoms with van der Waals surface area (Å²) in [7, 11) is 1.40. The molecule has 4 amide bonds. The van der Waals surface area contributed by atoms with E-state index in [-0.39, 0.29) is 22.5 Å². The van der Waals surface area contributed by atoms with Crippen molar-refractivity contribution in [3.05, 3.63) is 59.2 Å². The van der Waals surface area contributed by atoms with Gasteiger partial charge >= 0.3 is 12.0 Å². The van der Waals surface area contributed by atoms with Crippen LogP contribution in [0.2, 0.25) is 0 Å². The lowest BCUT2D eigenvalue weighted by Crippen LogP contribution is -2.54. The lowest BCUT2D eigenvalue weighted by Gasteiger charge is -2.57. The van der Waals surface area contributed by atoms with E-state index in [4.69, 9.17) is 14.6 Å². The molecule has 1 saturated heterocycles. The highest BCUT2D eigenvalue weighted by Gasteiger charge is 2.51. The molecule has 0 spiro atoms. The number of carboxylic acids is 1. The molecule has 0 radical (unpaired) electrons. The zero-order valence-corrected chi connectivity index (χ0v) is 22.5. The highest BCUT2D eigenvalue weighted by molar-refractivity contribution is 6.39. The largest absolute Gasteiger partial charge is 0.493 e. The zero-order valence-electron chi connectivity index (χ0n) is 22.5. The van der Waals surface area contributed by atoms with E-state index < -0.39 is 29.9 Å². The minimum Gasteiger partial charge on any atom is -0.493 e. The Bertz CT molecular complexity index is 1390. The molecule has 0 unspecified atom stereocenters. The van der Waals surface area contributed by atoms with Gasteiger partial charge in [-0.1, -0.05) is 18.2 Å². The van der Waals surface area contributed by atoms with Gasteiger partial charge in [0.05, 0.1) is 12.8 Å². The zero-order chi connectivity index (χ0) is 28.2. The lowest BCUT2D eigenvalue weighted by atomic mass is 9.48. The number of hydrogen-bond donors (Lipinski definition) is 2. The van der Waals surface area contributed by atoms with E-state index in [2.05, 4.69) is 5.32 Å². The molecule has 9 heteroatoms. The second-order valence-electron chi connectivity index (χ2n) is 11.7. The Kier molecular flexibility index (Phi) is 6.40. The number of nitrogens with zero attached hydrogens (tertiary/aromatic N) is 1. The normalized spacial score (nSPS) is 28.9. The Hall–Kier alpha value is -4.14. The maximum atomic E-state index is 13.5. The van der Waals surface area contributed by atoms with Crippen molar-refractivity contribution in [2.24, 2.45) is 17.8 Å². The van der Waals surface area contributed by atoms with Crippen molar-refractivity contribution in [1.29, 1.82) is 0 Å². The fourth-order valence-electron chi connectivity index (χ4n) is 7.60. The van der Waals surface area contributed by atoms with Gasteiger partial charge in [0, 0.05) is 0 Å². The fourth-order valence-corrected chi connectivity index (χ4v) is 7.60. The molecule has 1 atom stereocenters. The van der Waals surface area contributed by atoms with Crippen molar-refractivity contribution in [2.45, 2.75) is 57.0 Å². The molecule has 208 valence electrons. The number of methoxy groups -OCH3 is 1. The molecule has 40 heavy (non-hydrogen) atoms. The lowest BCUT2D eigenvalue weighted by molar-refractivity contribution is -0.144. The van der Waals surface area contributed by atoms with Crippen LogP contribution in [-0.2, 0) is 19.8 Å². The number of aliphatic carboxylic acids is 1. The average molecular weight is 545 g/mol. The Morgan fingerprint density at radius 1 is 1.00 bits per heavy atom. The van der Waals surface area contributed by atoms with E-state index in [0.29, 0.717) is 11.3 Å². The predicted octanol–water partition coefficient (Wildman–Crippen LogP) is 4.68. The molecule has 1 aliphatic heterocycles. The van der Waals surface area contributed by atoms with Crippen LogP contribution >= 0.6 is 0 Å². The molecule has 2 N–H and O–H groups in total. The average Bonchev–Trinajstić information content (AvgIpc) is 2.91. The van der Waals surface area contributed by atoms with Crippen LogP contribution in [0.4, 0.5) is 10.5 Å². The molecule has 4 bridgehead atoms. The van der Waals surface area contributed by atoms with Crippen molar-refractivity contribution in [2.75, 3.05) is 12.0 Å². The number of benzene rings is 2. The van der Waals surface area contributed by atoms with E-state index in [1.807, 2.05) is 12.1 Å². The summed E-state index contributed by atoms with van der Waals surface area (Å²) in [5, 5.41) is 11.4. The van der Waals surface area contributed by atoms with E-state index in [1.165, 1.54) is 76.3 Å². The summed E-state index contributed by atoms with van der Waals surface area (Å²) < 4.78 is 10.7. The minimum absolute atomic E-state index is 0.194. The standard InChI is InChI=1S/C31H32N2O7/c1-17(29(36)37)40-25-8-3-18(13-26(25)39-2)12-24-27(34)32-30(38)33(28(24)35)23-6-4-22(5-7-23)31-14-19-9-20(15-31)11-21(10-19)16-31/h3-8,12-13,17,19-21H,9-11,14-16H2,1-2H3,(H,36,37)(H,32,34,38)/b24-12+/t17-,19?,20?,21?,31?/m1/s1. The molecule has 5 aliphatic rings. The first kappa shape index (κ1) is 26.1. The Morgan fingerprint density at radius 3 is 2.20 bits per heavy atom. The van der Waals surface area contributed by atoms with Gasteiger partial charge in [0.25, 0.3) is 11.8 Å². The van der Waals surface area contributed by atoms with Gasteiger partial charge in [0.2, 0.25) is 0 Å². The summed E-state index contributed by atoms with van der Waals surface area (Å²) >= 11 is 0. The van der Waals surface area contributed by atoms with Crippen LogP contribution in [-0.4, -0.2) is 42.1 Å². The second kappa shape index (κ2) is 9.80. The molecular weight excluding hydrogens is 512 g/mol. The molecule has 4 saturated carbocycles. The third kappa shape index (κ3) is 4.53. The first-order chi connectivity index (χ1) is 19.2. The quantitative estimate of drug-likeness (QED) is 0.383.